The lowest BCUT2D eigenvalue weighted by molar-refractivity contribution is 0.150. The summed E-state index contributed by atoms with van der Waals surface area (Å²) in [5, 5.41) is 11.5. The maximum absolute atomic E-state index is 10.4. The normalized spacial score (nSPS) is 23.2. The van der Waals surface area contributed by atoms with Gasteiger partial charge in [-0.25, -0.2) is 4.79 Å². The molecular formula is C4H6Br2N2O2. The molecule has 1 fully saturated rings. The molecule has 0 spiro atoms. The van der Waals surface area contributed by atoms with Crippen LogP contribution in [0.25, 0.3) is 0 Å². The van der Waals surface area contributed by atoms with Crippen molar-refractivity contribution in [2.24, 2.45) is 0 Å². The minimum absolute atomic E-state index is 0.353. The Morgan fingerprint density at radius 1 is 1.70 bits per heavy atom. The van der Waals surface area contributed by atoms with Crippen molar-refractivity contribution in [3.8, 4) is 0 Å². The van der Waals surface area contributed by atoms with Gasteiger partial charge in [-0.15, -0.1) is 0 Å². The summed E-state index contributed by atoms with van der Waals surface area (Å²) < 4.78 is -0.619. The molecule has 1 amide bonds. The van der Waals surface area contributed by atoms with Crippen molar-refractivity contribution in [3.05, 3.63) is 0 Å². The molecule has 1 aliphatic rings. The van der Waals surface area contributed by atoms with Crippen molar-refractivity contribution in [2.75, 3.05) is 13.2 Å². The molecule has 58 valence electrons. The Kier molecular flexibility index (Phi) is 2.21. The van der Waals surface area contributed by atoms with E-state index in [-0.39, 0.29) is 0 Å². The van der Waals surface area contributed by atoms with Crippen LogP contribution in [0.5, 0.6) is 0 Å². The van der Waals surface area contributed by atoms with E-state index >= 15 is 0 Å². The first-order valence-corrected chi connectivity index (χ1v) is 4.22. The topological polar surface area (TPSA) is 52.6 Å². The van der Waals surface area contributed by atoms with Crippen molar-refractivity contribution in [3.63, 3.8) is 0 Å². The molecule has 0 aromatic carbocycles. The van der Waals surface area contributed by atoms with Gasteiger partial charge in [0.05, 0.1) is 6.67 Å². The number of hydrogen-bond donors (Lipinski definition) is 2. The van der Waals surface area contributed by atoms with E-state index in [0.717, 1.165) is 0 Å². The molecule has 2 N–H and O–H groups in total. The van der Waals surface area contributed by atoms with Gasteiger partial charge in [0.1, 0.15) is 0 Å². The van der Waals surface area contributed by atoms with Crippen LogP contribution in [0.3, 0.4) is 0 Å². The molecule has 1 rings (SSSR count). The maximum Gasteiger partial charge on any atom is 0.410 e. The van der Waals surface area contributed by atoms with Crippen molar-refractivity contribution >= 4 is 38.0 Å². The van der Waals surface area contributed by atoms with Gasteiger partial charge in [-0.2, -0.15) is 0 Å². The molecule has 0 aliphatic carbocycles. The molecule has 0 radical (unpaired) electrons. The molecule has 0 aromatic heterocycles. The van der Waals surface area contributed by atoms with Crippen LogP contribution in [0.15, 0.2) is 0 Å². The number of rotatable bonds is 0. The van der Waals surface area contributed by atoms with E-state index in [1.54, 1.807) is 0 Å². The monoisotopic (exact) mass is 272 g/mol. The number of alkyl halides is 2. The fraction of sp³-hybridized carbons (Fsp3) is 0.750. The maximum atomic E-state index is 10.4. The number of nitrogens with one attached hydrogen (secondary N) is 1. The molecule has 1 heterocycles. The first-order valence-electron chi connectivity index (χ1n) is 2.63. The minimum atomic E-state index is -0.946. The third-order valence-electron chi connectivity index (χ3n) is 1.23. The number of nitrogens with zero attached hydrogens (tertiary/aromatic N) is 1. The van der Waals surface area contributed by atoms with Crippen LogP contribution in [0.4, 0.5) is 4.79 Å². The van der Waals surface area contributed by atoms with Gasteiger partial charge in [0.2, 0.25) is 0 Å². The second-order valence-electron chi connectivity index (χ2n) is 1.96. The summed E-state index contributed by atoms with van der Waals surface area (Å²) in [7, 11) is 0. The second kappa shape index (κ2) is 2.67. The molecule has 1 aliphatic heterocycles. The molecular weight excluding hydrogens is 268 g/mol. The highest BCUT2D eigenvalue weighted by Gasteiger charge is 2.39. The summed E-state index contributed by atoms with van der Waals surface area (Å²) in [5.74, 6) is 0. The highest BCUT2D eigenvalue weighted by Crippen LogP contribution is 2.32. The fourth-order valence-electron chi connectivity index (χ4n) is 0.737. The number of halogens is 2. The van der Waals surface area contributed by atoms with Crippen LogP contribution < -0.4 is 5.32 Å². The molecule has 0 unspecified atom stereocenters. The van der Waals surface area contributed by atoms with Crippen LogP contribution in [0, 0.1) is 0 Å². The summed E-state index contributed by atoms with van der Waals surface area (Å²) in [4.78, 5) is 11.7. The molecule has 0 aromatic rings. The Bertz CT molecular complexity index is 161. The van der Waals surface area contributed by atoms with Gasteiger partial charge >= 0.3 is 6.09 Å². The summed E-state index contributed by atoms with van der Waals surface area (Å²) in [6.07, 6.45) is -0.946. The van der Waals surface area contributed by atoms with E-state index in [9.17, 15) is 4.79 Å². The molecule has 0 saturated carbocycles. The summed E-state index contributed by atoms with van der Waals surface area (Å²) >= 11 is 6.42. The van der Waals surface area contributed by atoms with Gasteiger partial charge in [-0.05, 0) is 31.9 Å². The summed E-state index contributed by atoms with van der Waals surface area (Å²) in [5.41, 5.74) is 0. The highest BCUT2D eigenvalue weighted by atomic mass is 79.9. The lowest BCUT2D eigenvalue weighted by atomic mass is 10.6. The number of hydrogen-bond acceptors (Lipinski definition) is 2. The largest absolute Gasteiger partial charge is 0.465 e. The van der Waals surface area contributed by atoms with Crippen molar-refractivity contribution < 1.29 is 9.90 Å². The third kappa shape index (κ3) is 1.43. The lowest BCUT2D eigenvalue weighted by Gasteiger charge is -2.22. The Balaban J connectivity index is 2.68. The average molecular weight is 274 g/mol. The van der Waals surface area contributed by atoms with Gasteiger partial charge in [-0.1, -0.05) is 0 Å². The van der Waals surface area contributed by atoms with E-state index in [4.69, 9.17) is 5.11 Å². The number of amides is 1. The molecule has 10 heavy (non-hydrogen) atoms. The van der Waals surface area contributed by atoms with Gasteiger partial charge in [0.25, 0.3) is 0 Å². The van der Waals surface area contributed by atoms with Crippen molar-refractivity contribution in [2.45, 2.75) is 3.36 Å². The Hall–Kier alpha value is 0.190. The van der Waals surface area contributed by atoms with Gasteiger partial charge < -0.3 is 5.11 Å². The number of carbonyl (C=O) groups is 1. The van der Waals surface area contributed by atoms with Gasteiger partial charge in [0.15, 0.2) is 3.36 Å². The zero-order valence-electron chi connectivity index (χ0n) is 4.97. The predicted molar refractivity (Wildman–Crippen MR) is 43.3 cm³/mol. The first-order chi connectivity index (χ1) is 4.54. The molecule has 4 nitrogen and oxygen atoms in total. The van der Waals surface area contributed by atoms with Crippen molar-refractivity contribution in [1.82, 2.24) is 10.2 Å². The molecule has 6 heteroatoms. The summed E-state index contributed by atoms with van der Waals surface area (Å²) in [6.45, 7) is 0.922. The Morgan fingerprint density at radius 2 is 2.30 bits per heavy atom. The lowest BCUT2D eigenvalue weighted by Crippen LogP contribution is -2.38. The van der Waals surface area contributed by atoms with Crippen LogP contribution >= 0.6 is 31.9 Å². The van der Waals surface area contributed by atoms with E-state index in [1.807, 2.05) is 0 Å². The highest BCUT2D eigenvalue weighted by molar-refractivity contribution is 9.25. The fourth-order valence-corrected chi connectivity index (χ4v) is 1.69. The SMILES string of the molecule is O=C(O)N1CNCC1(Br)Br. The summed E-state index contributed by atoms with van der Waals surface area (Å²) in [6, 6.07) is 0. The Morgan fingerprint density at radius 3 is 2.50 bits per heavy atom. The van der Waals surface area contributed by atoms with Crippen LogP contribution in [-0.2, 0) is 0 Å². The smallest absolute Gasteiger partial charge is 0.410 e. The third-order valence-corrected chi connectivity index (χ3v) is 2.65. The standard InChI is InChI=1S/C4H6Br2N2O2/c5-4(6)1-7-2-8(4)3(9)10/h7H,1-2H2,(H,9,10). The zero-order chi connectivity index (χ0) is 7.78. The van der Waals surface area contributed by atoms with Gasteiger partial charge in [0, 0.05) is 6.54 Å². The zero-order valence-corrected chi connectivity index (χ0v) is 8.14. The molecule has 0 atom stereocenters. The van der Waals surface area contributed by atoms with Crippen molar-refractivity contribution in [1.29, 1.82) is 0 Å². The predicted octanol–water partition coefficient (Wildman–Crippen LogP) is 0.971. The van der Waals surface area contributed by atoms with E-state index in [1.165, 1.54) is 4.90 Å². The molecule has 1 saturated heterocycles. The van der Waals surface area contributed by atoms with Crippen LogP contribution in [-0.4, -0.2) is 32.7 Å². The van der Waals surface area contributed by atoms with E-state index in [2.05, 4.69) is 37.2 Å². The average Bonchev–Trinajstić information content (AvgIpc) is 2.08. The van der Waals surface area contributed by atoms with Crippen LogP contribution in [0.1, 0.15) is 0 Å². The number of carboxylic acid groups (broad SMARTS) is 1. The van der Waals surface area contributed by atoms with E-state index < -0.39 is 9.45 Å². The molecule has 0 bridgehead atoms. The first kappa shape index (κ1) is 8.29. The van der Waals surface area contributed by atoms with Crippen LogP contribution in [0.2, 0.25) is 0 Å². The van der Waals surface area contributed by atoms with E-state index in [0.29, 0.717) is 13.2 Å². The second-order valence-corrected chi connectivity index (χ2v) is 5.65. The quantitative estimate of drug-likeness (QED) is 0.511. The van der Waals surface area contributed by atoms with Gasteiger partial charge in [-0.3, -0.25) is 10.2 Å². The Labute approximate surface area is 74.8 Å². The minimum Gasteiger partial charge on any atom is -0.465 e.